The summed E-state index contributed by atoms with van der Waals surface area (Å²) >= 11 is 0. The van der Waals surface area contributed by atoms with Crippen LogP contribution in [-0.4, -0.2) is 23.5 Å². The van der Waals surface area contributed by atoms with Gasteiger partial charge < -0.3 is 9.84 Å². The predicted octanol–water partition coefficient (Wildman–Crippen LogP) is 3.48. The Hall–Kier alpha value is -0.590. The van der Waals surface area contributed by atoms with Crippen molar-refractivity contribution in [3.63, 3.8) is 0 Å². The van der Waals surface area contributed by atoms with Gasteiger partial charge in [0.15, 0.2) is 0 Å². The molecular weight excluding hydrogens is 214 g/mol. The van der Waals surface area contributed by atoms with Crippen LogP contribution in [0.25, 0.3) is 4.85 Å². The first-order valence-corrected chi connectivity index (χ1v) is 6.11. The first-order chi connectivity index (χ1) is 7.41. The average Bonchev–Trinajstić information content (AvgIpc) is 2.24. The maximum atomic E-state index is 9.73. The normalized spacial score (nSPS) is 33.3. The summed E-state index contributed by atoms with van der Waals surface area (Å²) in [5.74, 6) is 0.453. The third-order valence-electron chi connectivity index (χ3n) is 4.08. The third kappa shape index (κ3) is 3.69. The van der Waals surface area contributed by atoms with Gasteiger partial charge >= 0.3 is 6.23 Å². The third-order valence-corrected chi connectivity index (χ3v) is 4.08. The Kier molecular flexibility index (Phi) is 6.15. The molecule has 0 amide bonds. The Morgan fingerprint density at radius 2 is 2.12 bits per heavy atom. The molecule has 1 aliphatic rings. The number of aliphatic hydroxyl groups is 1. The highest BCUT2D eigenvalue weighted by atomic mass is 16.5. The molecule has 1 aliphatic heterocycles. The summed E-state index contributed by atoms with van der Waals surface area (Å²) in [4.78, 5) is 3.49. The minimum absolute atomic E-state index is 0. The van der Waals surface area contributed by atoms with E-state index in [0.717, 1.165) is 12.8 Å². The summed E-state index contributed by atoms with van der Waals surface area (Å²) in [6, 6.07) is 0. The van der Waals surface area contributed by atoms with Crippen LogP contribution in [0.4, 0.5) is 0 Å². The van der Waals surface area contributed by atoms with Crippen LogP contribution in [0, 0.1) is 17.9 Å². The van der Waals surface area contributed by atoms with Gasteiger partial charge in [-0.05, 0) is 17.8 Å². The monoisotopic (exact) mass is 241 g/mol. The van der Waals surface area contributed by atoms with Gasteiger partial charge in [-0.2, -0.15) is 0 Å². The molecular formula is C14H27NO2. The van der Waals surface area contributed by atoms with Crippen molar-refractivity contribution >= 4 is 0 Å². The van der Waals surface area contributed by atoms with E-state index in [1.807, 2.05) is 6.92 Å². The van der Waals surface area contributed by atoms with Crippen LogP contribution in [0.5, 0.6) is 0 Å². The first-order valence-electron chi connectivity index (χ1n) is 6.11. The van der Waals surface area contributed by atoms with Gasteiger partial charge in [0, 0.05) is 6.42 Å². The van der Waals surface area contributed by atoms with E-state index in [2.05, 4.69) is 25.6 Å². The van der Waals surface area contributed by atoms with Gasteiger partial charge in [-0.3, -0.25) is 4.85 Å². The van der Waals surface area contributed by atoms with Gasteiger partial charge in [-0.15, -0.1) is 0 Å². The van der Waals surface area contributed by atoms with Crippen molar-refractivity contribution in [1.82, 2.24) is 0 Å². The fourth-order valence-electron chi connectivity index (χ4n) is 2.20. The minimum Gasteiger partial charge on any atom is -0.393 e. The lowest BCUT2D eigenvalue weighted by Crippen LogP contribution is -2.46. The quantitative estimate of drug-likeness (QED) is 0.767. The molecule has 0 aromatic heterocycles. The average molecular weight is 241 g/mol. The van der Waals surface area contributed by atoms with Crippen molar-refractivity contribution in [1.29, 1.82) is 0 Å². The molecule has 3 nitrogen and oxygen atoms in total. The van der Waals surface area contributed by atoms with Crippen LogP contribution < -0.4 is 0 Å². The molecule has 4 atom stereocenters. The van der Waals surface area contributed by atoms with E-state index in [4.69, 9.17) is 11.3 Å². The molecule has 1 N–H and O–H groups in total. The second-order valence-electron chi connectivity index (χ2n) is 5.46. The molecule has 1 rings (SSSR count). The van der Waals surface area contributed by atoms with Crippen LogP contribution >= 0.6 is 0 Å². The Morgan fingerprint density at radius 1 is 1.53 bits per heavy atom. The molecule has 0 aromatic carbocycles. The first kappa shape index (κ1) is 16.4. The zero-order valence-corrected chi connectivity index (χ0v) is 10.7. The Morgan fingerprint density at radius 3 is 2.59 bits per heavy atom. The predicted molar refractivity (Wildman–Crippen MR) is 70.5 cm³/mol. The molecule has 0 aromatic rings. The van der Waals surface area contributed by atoms with Crippen molar-refractivity contribution in [2.45, 2.75) is 72.8 Å². The van der Waals surface area contributed by atoms with Crippen molar-refractivity contribution in [3.8, 4) is 0 Å². The largest absolute Gasteiger partial charge is 0.393 e. The summed E-state index contributed by atoms with van der Waals surface area (Å²) < 4.78 is 5.78. The standard InChI is InChI=1S/C13H23NO2.CH4/c1-6-10(15)8-11-13(3,4)9(2)7-12(14-5)16-11;/h9-12,15H,6-8H2,1-4H3;1H4/t9-,10?,11?,12+;/m1./s1. The number of aliphatic hydroxyl groups excluding tert-OH is 1. The summed E-state index contributed by atoms with van der Waals surface area (Å²) in [5, 5.41) is 9.73. The van der Waals surface area contributed by atoms with Crippen LogP contribution in [0.1, 0.15) is 54.4 Å². The van der Waals surface area contributed by atoms with Gasteiger partial charge in [0.1, 0.15) is 0 Å². The highest BCUT2D eigenvalue weighted by Crippen LogP contribution is 2.42. The molecule has 0 saturated carbocycles. The zero-order chi connectivity index (χ0) is 12.3. The summed E-state index contributed by atoms with van der Waals surface area (Å²) in [6.07, 6.45) is 1.53. The van der Waals surface area contributed by atoms with Crippen molar-refractivity contribution in [2.24, 2.45) is 11.3 Å². The van der Waals surface area contributed by atoms with E-state index in [1.165, 1.54) is 0 Å². The Balaban J connectivity index is 0.00000256. The lowest BCUT2D eigenvalue weighted by Gasteiger charge is -2.44. The van der Waals surface area contributed by atoms with E-state index >= 15 is 0 Å². The van der Waals surface area contributed by atoms with E-state index < -0.39 is 0 Å². The van der Waals surface area contributed by atoms with E-state index in [9.17, 15) is 5.11 Å². The lowest BCUT2D eigenvalue weighted by atomic mass is 9.70. The van der Waals surface area contributed by atoms with Crippen LogP contribution in [0.2, 0.25) is 0 Å². The smallest absolute Gasteiger partial charge is 0.328 e. The van der Waals surface area contributed by atoms with Gasteiger partial charge in [0.05, 0.1) is 18.6 Å². The van der Waals surface area contributed by atoms with Crippen molar-refractivity contribution in [3.05, 3.63) is 11.4 Å². The topological polar surface area (TPSA) is 33.8 Å². The number of rotatable bonds is 3. The zero-order valence-electron chi connectivity index (χ0n) is 10.7. The SMILES string of the molecule is C.[C-]#[N+][C@@H]1C[C@@H](C)C(C)(C)C(CC(O)CC)O1. The number of nitrogens with zero attached hydrogens (tertiary/aromatic N) is 1. The molecule has 1 heterocycles. The second-order valence-corrected chi connectivity index (χ2v) is 5.46. The molecule has 100 valence electrons. The van der Waals surface area contributed by atoms with Crippen LogP contribution in [0.3, 0.4) is 0 Å². The Labute approximate surface area is 106 Å². The molecule has 0 bridgehead atoms. The maximum Gasteiger partial charge on any atom is 0.328 e. The van der Waals surface area contributed by atoms with Gasteiger partial charge in [-0.25, -0.2) is 6.57 Å². The summed E-state index contributed by atoms with van der Waals surface area (Å²) in [5.41, 5.74) is 0.0390. The second kappa shape index (κ2) is 6.37. The highest BCUT2D eigenvalue weighted by molar-refractivity contribution is 4.93. The van der Waals surface area contributed by atoms with Gasteiger partial charge in [0.2, 0.25) is 0 Å². The molecule has 0 spiro atoms. The molecule has 2 unspecified atom stereocenters. The van der Waals surface area contributed by atoms with Crippen molar-refractivity contribution in [2.75, 3.05) is 0 Å². The molecule has 1 saturated heterocycles. The molecule has 17 heavy (non-hydrogen) atoms. The lowest BCUT2D eigenvalue weighted by molar-refractivity contribution is -0.141. The number of hydrogen-bond donors (Lipinski definition) is 1. The fourth-order valence-corrected chi connectivity index (χ4v) is 2.20. The molecule has 0 radical (unpaired) electrons. The molecule has 1 fully saturated rings. The summed E-state index contributed by atoms with van der Waals surface area (Å²) in [6.45, 7) is 15.6. The van der Waals surface area contributed by atoms with E-state index in [1.54, 1.807) is 0 Å². The maximum absolute atomic E-state index is 9.73. The van der Waals surface area contributed by atoms with Gasteiger partial charge in [0.25, 0.3) is 0 Å². The van der Waals surface area contributed by atoms with Crippen LogP contribution in [0.15, 0.2) is 0 Å². The Bertz CT molecular complexity index is 270. The fraction of sp³-hybridized carbons (Fsp3) is 0.929. The van der Waals surface area contributed by atoms with Crippen LogP contribution in [-0.2, 0) is 4.74 Å². The van der Waals surface area contributed by atoms with Crippen molar-refractivity contribution < 1.29 is 9.84 Å². The number of ether oxygens (including phenoxy) is 1. The molecule has 3 heteroatoms. The highest BCUT2D eigenvalue weighted by Gasteiger charge is 2.45. The van der Waals surface area contributed by atoms with E-state index in [0.29, 0.717) is 12.3 Å². The minimum atomic E-state index is -0.322. The van der Waals surface area contributed by atoms with Gasteiger partial charge in [-0.1, -0.05) is 35.1 Å². The number of hydrogen-bond acceptors (Lipinski definition) is 2. The summed E-state index contributed by atoms with van der Waals surface area (Å²) in [7, 11) is 0. The molecule has 0 aliphatic carbocycles. The van der Waals surface area contributed by atoms with E-state index in [-0.39, 0.29) is 31.3 Å².